The van der Waals surface area contributed by atoms with Crippen molar-refractivity contribution in [3.63, 3.8) is 0 Å². The zero-order chi connectivity index (χ0) is 15.6. The van der Waals surface area contributed by atoms with Gasteiger partial charge >= 0.3 is 5.97 Å². The van der Waals surface area contributed by atoms with Gasteiger partial charge in [-0.25, -0.2) is 9.18 Å². The predicted octanol–water partition coefficient (Wildman–Crippen LogP) is 3.74. The summed E-state index contributed by atoms with van der Waals surface area (Å²) < 4.78 is 13.8. The number of carboxylic acids is 1. The molecule has 108 valence electrons. The molecule has 0 radical (unpaired) electrons. The van der Waals surface area contributed by atoms with Gasteiger partial charge in [0.25, 0.3) is 5.91 Å². The topological polar surface area (TPSA) is 66.4 Å². The number of amides is 1. The van der Waals surface area contributed by atoms with Crippen molar-refractivity contribution in [2.24, 2.45) is 0 Å². The first-order chi connectivity index (χ1) is 9.90. The Bertz CT molecular complexity index is 731. The zero-order valence-electron chi connectivity index (χ0n) is 11.0. The first-order valence-corrected chi connectivity index (χ1v) is 6.37. The molecule has 2 aromatic rings. The molecule has 0 aliphatic rings. The van der Waals surface area contributed by atoms with Crippen molar-refractivity contribution in [2.75, 3.05) is 5.32 Å². The minimum absolute atomic E-state index is 0.252. The van der Waals surface area contributed by atoms with Crippen molar-refractivity contribution in [1.29, 1.82) is 0 Å². The summed E-state index contributed by atoms with van der Waals surface area (Å²) in [5.74, 6) is -2.77. The molecule has 0 fully saturated rings. The Morgan fingerprint density at radius 1 is 1.19 bits per heavy atom. The summed E-state index contributed by atoms with van der Waals surface area (Å²) in [7, 11) is 0. The van der Waals surface area contributed by atoms with Crippen molar-refractivity contribution in [3.8, 4) is 0 Å². The second kappa shape index (κ2) is 5.93. The Morgan fingerprint density at radius 3 is 2.57 bits per heavy atom. The first-order valence-electron chi connectivity index (χ1n) is 5.99. The van der Waals surface area contributed by atoms with Crippen LogP contribution in [0.1, 0.15) is 26.3 Å². The second-order valence-corrected chi connectivity index (χ2v) is 4.82. The highest BCUT2D eigenvalue weighted by Crippen LogP contribution is 2.22. The van der Waals surface area contributed by atoms with Gasteiger partial charge in [-0.05, 0) is 36.8 Å². The van der Waals surface area contributed by atoms with Crippen molar-refractivity contribution in [2.45, 2.75) is 6.92 Å². The number of nitrogens with one attached hydrogen (secondary N) is 1. The quantitative estimate of drug-likeness (QED) is 0.907. The monoisotopic (exact) mass is 307 g/mol. The van der Waals surface area contributed by atoms with E-state index in [1.807, 2.05) is 0 Å². The van der Waals surface area contributed by atoms with E-state index in [2.05, 4.69) is 5.32 Å². The number of halogens is 2. The van der Waals surface area contributed by atoms with Crippen molar-refractivity contribution < 1.29 is 19.1 Å². The lowest BCUT2D eigenvalue weighted by Gasteiger charge is -2.11. The minimum Gasteiger partial charge on any atom is -0.478 e. The van der Waals surface area contributed by atoms with Crippen LogP contribution >= 0.6 is 11.6 Å². The van der Waals surface area contributed by atoms with Crippen LogP contribution in [-0.4, -0.2) is 17.0 Å². The average molecular weight is 308 g/mol. The fourth-order valence-corrected chi connectivity index (χ4v) is 2.02. The fraction of sp³-hybridized carbons (Fsp3) is 0.0667. The third kappa shape index (κ3) is 3.20. The maximum Gasteiger partial charge on any atom is 0.337 e. The number of aromatic carboxylic acids is 1. The van der Waals surface area contributed by atoms with Gasteiger partial charge in [0.15, 0.2) is 0 Å². The summed E-state index contributed by atoms with van der Waals surface area (Å²) in [4.78, 5) is 23.3. The molecule has 0 spiro atoms. The summed E-state index contributed by atoms with van der Waals surface area (Å²) in [6.07, 6.45) is 0. The molecule has 1 amide bonds. The third-order valence-corrected chi connectivity index (χ3v) is 3.16. The van der Waals surface area contributed by atoms with Crippen LogP contribution in [0.2, 0.25) is 5.02 Å². The maximum atomic E-state index is 13.8. The Morgan fingerprint density at radius 2 is 1.90 bits per heavy atom. The van der Waals surface area contributed by atoms with Gasteiger partial charge in [0.2, 0.25) is 0 Å². The Labute approximate surface area is 125 Å². The van der Waals surface area contributed by atoms with Gasteiger partial charge in [-0.1, -0.05) is 23.7 Å². The highest BCUT2D eigenvalue weighted by molar-refractivity contribution is 6.31. The molecule has 2 rings (SSSR count). The Kier molecular flexibility index (Phi) is 4.23. The van der Waals surface area contributed by atoms with E-state index in [-0.39, 0.29) is 16.8 Å². The summed E-state index contributed by atoms with van der Waals surface area (Å²) in [6.45, 7) is 1.70. The van der Waals surface area contributed by atoms with Crippen LogP contribution in [-0.2, 0) is 0 Å². The summed E-state index contributed by atoms with van der Waals surface area (Å²) in [5, 5.41) is 11.7. The number of carbonyl (C=O) groups is 2. The van der Waals surface area contributed by atoms with Crippen molar-refractivity contribution in [3.05, 3.63) is 63.9 Å². The van der Waals surface area contributed by atoms with Gasteiger partial charge in [-0.2, -0.15) is 0 Å². The van der Waals surface area contributed by atoms with Gasteiger partial charge < -0.3 is 10.4 Å². The average Bonchev–Trinajstić information content (AvgIpc) is 2.43. The molecule has 0 bridgehead atoms. The van der Waals surface area contributed by atoms with Crippen molar-refractivity contribution in [1.82, 2.24) is 0 Å². The Balaban J connectivity index is 2.41. The molecule has 4 nitrogen and oxygen atoms in total. The number of hydrogen-bond acceptors (Lipinski definition) is 2. The largest absolute Gasteiger partial charge is 0.478 e. The lowest BCUT2D eigenvalue weighted by molar-refractivity contribution is 0.0697. The highest BCUT2D eigenvalue weighted by Gasteiger charge is 2.18. The number of anilines is 1. The third-order valence-electron chi connectivity index (χ3n) is 2.93. The molecular weight excluding hydrogens is 297 g/mol. The molecule has 0 unspecified atom stereocenters. The van der Waals surface area contributed by atoms with Crippen LogP contribution in [0.4, 0.5) is 10.1 Å². The molecule has 0 aromatic heterocycles. The van der Waals surface area contributed by atoms with Crippen LogP contribution in [0.15, 0.2) is 36.4 Å². The molecule has 0 aliphatic carbocycles. The molecule has 0 heterocycles. The molecule has 0 saturated heterocycles. The SMILES string of the molecule is Cc1ccc(Cl)cc1C(=O)Nc1c(F)cccc1C(=O)O. The summed E-state index contributed by atoms with van der Waals surface area (Å²) in [5.41, 5.74) is 0.213. The van der Waals surface area contributed by atoms with Gasteiger partial charge in [0.1, 0.15) is 5.82 Å². The zero-order valence-corrected chi connectivity index (χ0v) is 11.7. The van der Waals surface area contributed by atoms with E-state index in [4.69, 9.17) is 16.7 Å². The molecule has 2 aromatic carbocycles. The van der Waals surface area contributed by atoms with Crippen molar-refractivity contribution >= 4 is 29.2 Å². The Hall–Kier alpha value is -2.40. The number of hydrogen-bond donors (Lipinski definition) is 2. The van der Waals surface area contributed by atoms with E-state index in [0.29, 0.717) is 10.6 Å². The number of para-hydroxylation sites is 1. The van der Waals surface area contributed by atoms with Gasteiger partial charge in [0, 0.05) is 10.6 Å². The van der Waals surface area contributed by atoms with E-state index in [9.17, 15) is 14.0 Å². The minimum atomic E-state index is -1.33. The van der Waals surface area contributed by atoms with Gasteiger partial charge in [0.05, 0.1) is 11.3 Å². The van der Waals surface area contributed by atoms with Crippen LogP contribution in [0.5, 0.6) is 0 Å². The molecular formula is C15H11ClFNO3. The number of carboxylic acid groups (broad SMARTS) is 1. The molecule has 2 N–H and O–H groups in total. The lowest BCUT2D eigenvalue weighted by atomic mass is 10.1. The maximum absolute atomic E-state index is 13.8. The van der Waals surface area contributed by atoms with Gasteiger partial charge in [-0.3, -0.25) is 4.79 Å². The van der Waals surface area contributed by atoms with Crippen LogP contribution < -0.4 is 5.32 Å². The summed E-state index contributed by atoms with van der Waals surface area (Å²) in [6, 6.07) is 8.27. The predicted molar refractivity (Wildman–Crippen MR) is 77.5 cm³/mol. The molecule has 21 heavy (non-hydrogen) atoms. The normalized spacial score (nSPS) is 10.2. The number of carbonyl (C=O) groups excluding carboxylic acids is 1. The molecule has 0 atom stereocenters. The molecule has 0 saturated carbocycles. The lowest BCUT2D eigenvalue weighted by Crippen LogP contribution is -2.17. The van der Waals surface area contributed by atoms with E-state index >= 15 is 0 Å². The number of benzene rings is 2. The highest BCUT2D eigenvalue weighted by atomic mass is 35.5. The summed E-state index contributed by atoms with van der Waals surface area (Å²) >= 11 is 5.83. The number of aryl methyl sites for hydroxylation is 1. The second-order valence-electron chi connectivity index (χ2n) is 4.38. The van der Waals surface area contributed by atoms with E-state index in [1.165, 1.54) is 18.2 Å². The van der Waals surface area contributed by atoms with E-state index < -0.39 is 17.7 Å². The first kappa shape index (κ1) is 15.0. The van der Waals surface area contributed by atoms with Gasteiger partial charge in [-0.15, -0.1) is 0 Å². The van der Waals surface area contributed by atoms with E-state index in [1.54, 1.807) is 19.1 Å². The van der Waals surface area contributed by atoms with Crippen LogP contribution in [0.25, 0.3) is 0 Å². The fourth-order valence-electron chi connectivity index (χ4n) is 1.85. The van der Waals surface area contributed by atoms with Crippen LogP contribution in [0.3, 0.4) is 0 Å². The smallest absolute Gasteiger partial charge is 0.337 e. The number of rotatable bonds is 3. The van der Waals surface area contributed by atoms with Crippen LogP contribution in [0, 0.1) is 12.7 Å². The molecule has 0 aliphatic heterocycles. The standard InChI is InChI=1S/C15H11ClFNO3/c1-8-5-6-9(16)7-11(8)14(19)18-13-10(15(20)21)3-2-4-12(13)17/h2-7H,1H3,(H,18,19)(H,20,21). The molecule has 6 heteroatoms. The van der Waals surface area contributed by atoms with E-state index in [0.717, 1.165) is 6.07 Å².